The number of rotatable bonds is 14. The fourth-order valence-corrected chi connectivity index (χ4v) is 4.70. The van der Waals surface area contributed by atoms with E-state index in [2.05, 4.69) is 34.4 Å². The van der Waals surface area contributed by atoms with Gasteiger partial charge in [-0.25, -0.2) is 9.50 Å². The number of aryl methyl sites for hydroxylation is 2. The number of nitrogens with one attached hydrogen (secondary N) is 2. The molecular weight excluding hydrogens is 494 g/mol. The van der Waals surface area contributed by atoms with E-state index in [4.69, 9.17) is 9.84 Å². The van der Waals surface area contributed by atoms with Crippen LogP contribution in [0.3, 0.4) is 0 Å². The van der Waals surface area contributed by atoms with E-state index in [0.29, 0.717) is 24.8 Å². The minimum atomic E-state index is -0.168. The number of carbonyl (C=O) groups is 1. The summed E-state index contributed by atoms with van der Waals surface area (Å²) in [6.07, 6.45) is 9.64. The molecule has 39 heavy (non-hydrogen) atoms. The number of allylic oxidation sites excluding steroid dienone is 1. The van der Waals surface area contributed by atoms with Gasteiger partial charge in [-0.15, -0.1) is 0 Å². The van der Waals surface area contributed by atoms with Crippen molar-refractivity contribution in [3.63, 3.8) is 0 Å². The molecule has 0 radical (unpaired) electrons. The Hall–Kier alpha value is -3.47. The van der Waals surface area contributed by atoms with Crippen LogP contribution in [-0.2, 0) is 11.2 Å². The zero-order valence-electron chi connectivity index (χ0n) is 23.5. The van der Waals surface area contributed by atoms with Crippen LogP contribution in [-0.4, -0.2) is 65.6 Å². The number of anilines is 2. The van der Waals surface area contributed by atoms with Crippen molar-refractivity contribution in [2.45, 2.75) is 52.9 Å². The topological polar surface area (TPSA) is 107 Å². The number of amides is 1. The van der Waals surface area contributed by atoms with Crippen LogP contribution in [0.2, 0.25) is 0 Å². The van der Waals surface area contributed by atoms with Crippen molar-refractivity contribution in [1.82, 2.24) is 25.2 Å². The molecule has 3 heterocycles. The number of hydrogen-bond donors (Lipinski definition) is 3. The second-order valence-electron chi connectivity index (χ2n) is 9.69. The summed E-state index contributed by atoms with van der Waals surface area (Å²) in [6.45, 7) is 8.93. The summed E-state index contributed by atoms with van der Waals surface area (Å²) in [7, 11) is 1.96. The molecule has 2 aromatic heterocycles. The van der Waals surface area contributed by atoms with E-state index in [0.717, 1.165) is 72.4 Å². The molecule has 0 saturated heterocycles. The molecule has 0 spiro atoms. The Kier molecular flexibility index (Phi) is 9.91. The summed E-state index contributed by atoms with van der Waals surface area (Å²) in [5.74, 6) is 1.29. The standard InChI is InChI=1S/C29H41N7O3/c1-5-7-16-34(27(38)14-17-37)22-10-12-25-26(18-22)39-28(35(25)20-31-6-2)13-11-23-24(9-8-15-30-4)33-36-21(3)19-32-29(23)36/h10-13,18-19,30-31,37H,5-9,14-17,20H2,1-4H3/b23-11+,28-13-. The molecule has 1 aromatic carbocycles. The lowest BCUT2D eigenvalue weighted by molar-refractivity contribution is -0.119. The number of aliphatic hydroxyl groups excluding tert-OH is 1. The van der Waals surface area contributed by atoms with E-state index in [1.165, 1.54) is 0 Å². The average molecular weight is 536 g/mol. The van der Waals surface area contributed by atoms with Crippen LogP contribution >= 0.6 is 0 Å². The maximum absolute atomic E-state index is 12.8. The van der Waals surface area contributed by atoms with Gasteiger partial charge < -0.3 is 20.1 Å². The summed E-state index contributed by atoms with van der Waals surface area (Å²) >= 11 is 0. The van der Waals surface area contributed by atoms with Crippen molar-refractivity contribution in [2.24, 2.45) is 0 Å². The molecule has 0 bridgehead atoms. The van der Waals surface area contributed by atoms with E-state index in [-0.39, 0.29) is 18.9 Å². The lowest BCUT2D eigenvalue weighted by Crippen LogP contribution is -2.32. The molecule has 1 amide bonds. The summed E-state index contributed by atoms with van der Waals surface area (Å²) in [6, 6.07) is 5.87. The normalized spacial score (nSPS) is 14.4. The van der Waals surface area contributed by atoms with Gasteiger partial charge in [-0.05, 0) is 70.6 Å². The van der Waals surface area contributed by atoms with Gasteiger partial charge >= 0.3 is 0 Å². The first-order valence-corrected chi connectivity index (χ1v) is 13.9. The first-order chi connectivity index (χ1) is 19.0. The first-order valence-electron chi connectivity index (χ1n) is 13.9. The van der Waals surface area contributed by atoms with E-state index in [1.807, 2.05) is 55.0 Å². The number of carbonyl (C=O) groups excluding carboxylic acids is 1. The highest BCUT2D eigenvalue weighted by Crippen LogP contribution is 2.41. The molecule has 0 atom stereocenters. The van der Waals surface area contributed by atoms with Gasteiger partial charge in [0.05, 0.1) is 43.0 Å². The number of ether oxygens (including phenoxy) is 1. The third kappa shape index (κ3) is 6.41. The number of imidazole rings is 1. The SMILES string of the molecule is CCCCN(C(=O)CCO)c1ccc2c(c1)O/C(=C\C=c1/c(CCCNC)nn3c(C)cnc13)N2CNCC. The van der Waals surface area contributed by atoms with Crippen LogP contribution in [0, 0.1) is 6.92 Å². The molecule has 3 aromatic rings. The fourth-order valence-electron chi connectivity index (χ4n) is 4.70. The van der Waals surface area contributed by atoms with Crippen molar-refractivity contribution in [3.05, 3.63) is 53.0 Å². The third-order valence-corrected chi connectivity index (χ3v) is 6.82. The molecule has 1 aliphatic rings. The molecular formula is C29H41N7O3. The highest BCUT2D eigenvalue weighted by atomic mass is 16.5. The smallest absolute Gasteiger partial charge is 0.229 e. The van der Waals surface area contributed by atoms with Gasteiger partial charge in [0.25, 0.3) is 0 Å². The Bertz CT molecular complexity index is 1350. The lowest BCUT2D eigenvalue weighted by Gasteiger charge is -2.23. The lowest BCUT2D eigenvalue weighted by atomic mass is 10.2. The van der Waals surface area contributed by atoms with E-state index >= 15 is 0 Å². The predicted molar refractivity (Wildman–Crippen MR) is 155 cm³/mol. The second kappa shape index (κ2) is 13.5. The molecule has 10 nitrogen and oxygen atoms in total. The van der Waals surface area contributed by atoms with Crippen LogP contribution < -0.4 is 30.4 Å². The van der Waals surface area contributed by atoms with Gasteiger partial charge in [-0.2, -0.15) is 5.10 Å². The number of benzene rings is 1. The van der Waals surface area contributed by atoms with E-state index in [9.17, 15) is 9.90 Å². The second-order valence-corrected chi connectivity index (χ2v) is 9.69. The Morgan fingerprint density at radius 1 is 1.23 bits per heavy atom. The molecule has 4 rings (SSSR count). The Morgan fingerprint density at radius 2 is 2.08 bits per heavy atom. The van der Waals surface area contributed by atoms with Crippen molar-refractivity contribution < 1.29 is 14.6 Å². The number of aromatic nitrogens is 3. The van der Waals surface area contributed by atoms with Gasteiger partial charge in [0, 0.05) is 23.5 Å². The molecule has 1 aliphatic heterocycles. The average Bonchev–Trinajstić information content (AvgIpc) is 3.58. The van der Waals surface area contributed by atoms with Crippen molar-refractivity contribution >= 4 is 29.0 Å². The van der Waals surface area contributed by atoms with Crippen molar-refractivity contribution in [2.75, 3.05) is 49.8 Å². The molecule has 3 N–H and O–H groups in total. The summed E-state index contributed by atoms with van der Waals surface area (Å²) in [5.41, 5.74) is 4.56. The number of unbranched alkanes of at least 4 members (excludes halogenated alkanes) is 1. The Balaban J connectivity index is 1.70. The maximum Gasteiger partial charge on any atom is 0.229 e. The van der Waals surface area contributed by atoms with Crippen molar-refractivity contribution in [1.29, 1.82) is 0 Å². The van der Waals surface area contributed by atoms with Gasteiger partial charge in [0.15, 0.2) is 11.4 Å². The zero-order chi connectivity index (χ0) is 27.8. The summed E-state index contributed by atoms with van der Waals surface area (Å²) in [5, 5.41) is 21.8. The quantitative estimate of drug-likeness (QED) is 0.271. The monoisotopic (exact) mass is 535 g/mol. The van der Waals surface area contributed by atoms with E-state index < -0.39 is 0 Å². The summed E-state index contributed by atoms with van der Waals surface area (Å²) in [4.78, 5) is 21.2. The van der Waals surface area contributed by atoms with Crippen LogP contribution in [0.15, 0.2) is 36.4 Å². The maximum atomic E-state index is 12.8. The summed E-state index contributed by atoms with van der Waals surface area (Å²) < 4.78 is 8.28. The van der Waals surface area contributed by atoms with Crippen LogP contribution in [0.4, 0.5) is 11.4 Å². The third-order valence-electron chi connectivity index (χ3n) is 6.82. The molecule has 0 aliphatic carbocycles. The predicted octanol–water partition coefficient (Wildman–Crippen LogP) is 2.51. The fraction of sp³-hybridized carbons (Fsp3) is 0.483. The number of fused-ring (bicyclic) bond motifs is 2. The minimum Gasteiger partial charge on any atom is -0.439 e. The zero-order valence-corrected chi connectivity index (χ0v) is 23.5. The van der Waals surface area contributed by atoms with Gasteiger partial charge in [-0.3, -0.25) is 15.0 Å². The largest absolute Gasteiger partial charge is 0.439 e. The molecule has 0 fully saturated rings. The van der Waals surface area contributed by atoms with Gasteiger partial charge in [0.2, 0.25) is 11.8 Å². The molecule has 0 unspecified atom stereocenters. The van der Waals surface area contributed by atoms with E-state index in [1.54, 1.807) is 4.90 Å². The first kappa shape index (κ1) is 28.5. The highest BCUT2D eigenvalue weighted by molar-refractivity contribution is 5.94. The highest BCUT2D eigenvalue weighted by Gasteiger charge is 2.27. The Morgan fingerprint density at radius 3 is 2.82 bits per heavy atom. The number of hydrogen-bond acceptors (Lipinski definition) is 8. The number of aliphatic hydroxyl groups is 1. The number of nitrogens with zero attached hydrogens (tertiary/aromatic N) is 5. The van der Waals surface area contributed by atoms with Crippen LogP contribution in [0.25, 0.3) is 11.7 Å². The molecule has 210 valence electrons. The molecule has 10 heteroatoms. The minimum absolute atomic E-state index is 0.0916. The molecule has 0 saturated carbocycles. The Labute approximate surface area is 230 Å². The van der Waals surface area contributed by atoms with Gasteiger partial charge in [0.1, 0.15) is 0 Å². The van der Waals surface area contributed by atoms with Crippen LogP contribution in [0.5, 0.6) is 5.75 Å². The van der Waals surface area contributed by atoms with Gasteiger partial charge in [-0.1, -0.05) is 20.3 Å². The van der Waals surface area contributed by atoms with Crippen molar-refractivity contribution in [3.8, 4) is 5.75 Å². The van der Waals surface area contributed by atoms with Crippen LogP contribution in [0.1, 0.15) is 50.9 Å².